The van der Waals surface area contributed by atoms with Crippen LogP contribution in [0.4, 0.5) is 14.9 Å². The van der Waals surface area contributed by atoms with Gasteiger partial charge in [0, 0.05) is 31.9 Å². The lowest BCUT2D eigenvalue weighted by Crippen LogP contribution is -2.50. The van der Waals surface area contributed by atoms with Crippen LogP contribution in [-0.2, 0) is 9.59 Å². The Morgan fingerprint density at radius 3 is 2.35 bits per heavy atom. The largest absolute Gasteiger partial charge is 0.368 e. The van der Waals surface area contributed by atoms with E-state index in [4.69, 9.17) is 0 Å². The molecule has 1 atom stereocenters. The molecule has 0 bridgehead atoms. The van der Waals surface area contributed by atoms with Gasteiger partial charge in [0.15, 0.2) is 0 Å². The van der Waals surface area contributed by atoms with Crippen LogP contribution in [0, 0.1) is 5.82 Å². The summed E-state index contributed by atoms with van der Waals surface area (Å²) in [5, 5.41) is 4.53. The van der Waals surface area contributed by atoms with Crippen LogP contribution >= 0.6 is 0 Å². The molecule has 0 aliphatic carbocycles. The number of halogens is 1. The highest BCUT2D eigenvalue weighted by Crippen LogP contribution is 2.17. The molecule has 0 spiro atoms. The maximum atomic E-state index is 12.9. The average molecular weight is 320 g/mol. The molecule has 2 saturated heterocycles. The van der Waals surface area contributed by atoms with Crippen molar-refractivity contribution in [1.82, 2.24) is 15.5 Å². The fourth-order valence-corrected chi connectivity index (χ4v) is 2.77. The van der Waals surface area contributed by atoms with Crippen molar-refractivity contribution in [3.05, 3.63) is 30.1 Å². The molecular formula is C15H17FN4O3. The van der Waals surface area contributed by atoms with E-state index in [-0.39, 0.29) is 18.1 Å². The van der Waals surface area contributed by atoms with Crippen molar-refractivity contribution in [3.8, 4) is 0 Å². The molecule has 0 saturated carbocycles. The Labute approximate surface area is 132 Å². The van der Waals surface area contributed by atoms with Gasteiger partial charge < -0.3 is 15.1 Å². The van der Waals surface area contributed by atoms with E-state index in [9.17, 15) is 18.8 Å². The van der Waals surface area contributed by atoms with Gasteiger partial charge in [0.1, 0.15) is 11.9 Å². The van der Waals surface area contributed by atoms with E-state index in [1.807, 2.05) is 0 Å². The number of urea groups is 1. The van der Waals surface area contributed by atoms with Crippen LogP contribution in [0.3, 0.4) is 0 Å². The zero-order chi connectivity index (χ0) is 16.4. The van der Waals surface area contributed by atoms with E-state index in [0.717, 1.165) is 5.69 Å². The van der Waals surface area contributed by atoms with Crippen molar-refractivity contribution in [2.75, 3.05) is 31.1 Å². The third kappa shape index (κ3) is 3.41. The molecule has 4 amide bonds. The number of hydrogen-bond donors (Lipinski definition) is 2. The van der Waals surface area contributed by atoms with E-state index >= 15 is 0 Å². The third-order valence-corrected chi connectivity index (χ3v) is 4.06. The number of carbonyl (C=O) groups is 3. The van der Waals surface area contributed by atoms with Crippen LogP contribution in [0.25, 0.3) is 0 Å². The lowest BCUT2D eigenvalue weighted by molar-refractivity contribution is -0.134. The minimum atomic E-state index is -0.787. The van der Waals surface area contributed by atoms with Crippen LogP contribution < -0.4 is 15.5 Å². The SMILES string of the molecule is O=C1NC(=O)[C@@H](CC(=O)N2CCN(c3ccc(F)cc3)CC2)N1. The number of imide groups is 1. The van der Waals surface area contributed by atoms with Crippen LogP contribution in [0.2, 0.25) is 0 Å². The summed E-state index contributed by atoms with van der Waals surface area (Å²) in [6.45, 7) is 2.33. The Morgan fingerprint density at radius 1 is 1.13 bits per heavy atom. The Bertz CT molecular complexity index is 626. The molecule has 0 aromatic heterocycles. The first-order valence-electron chi connectivity index (χ1n) is 7.42. The number of benzene rings is 1. The Balaban J connectivity index is 1.52. The minimum Gasteiger partial charge on any atom is -0.368 e. The molecular weight excluding hydrogens is 303 g/mol. The van der Waals surface area contributed by atoms with E-state index in [2.05, 4.69) is 15.5 Å². The molecule has 1 aromatic carbocycles. The van der Waals surface area contributed by atoms with Crippen LogP contribution in [0.15, 0.2) is 24.3 Å². The summed E-state index contributed by atoms with van der Waals surface area (Å²) in [6, 6.07) is 4.90. The smallest absolute Gasteiger partial charge is 0.322 e. The molecule has 2 N–H and O–H groups in total. The fourth-order valence-electron chi connectivity index (χ4n) is 2.77. The molecule has 2 heterocycles. The van der Waals surface area contributed by atoms with Crippen molar-refractivity contribution in [1.29, 1.82) is 0 Å². The first kappa shape index (κ1) is 15.3. The lowest BCUT2D eigenvalue weighted by atomic mass is 10.1. The van der Waals surface area contributed by atoms with Gasteiger partial charge >= 0.3 is 6.03 Å². The topological polar surface area (TPSA) is 81.8 Å². The van der Waals surface area contributed by atoms with E-state index < -0.39 is 18.0 Å². The summed E-state index contributed by atoms with van der Waals surface area (Å²) in [4.78, 5) is 38.5. The normalized spacial score (nSPS) is 21.2. The molecule has 8 heteroatoms. The van der Waals surface area contributed by atoms with E-state index in [0.29, 0.717) is 26.2 Å². The minimum absolute atomic E-state index is 0.0336. The molecule has 0 unspecified atom stereocenters. The summed E-state index contributed by atoms with van der Waals surface area (Å²) in [5.41, 5.74) is 0.918. The van der Waals surface area contributed by atoms with Gasteiger partial charge in [-0.25, -0.2) is 9.18 Å². The summed E-state index contributed by atoms with van der Waals surface area (Å²) >= 11 is 0. The van der Waals surface area contributed by atoms with Crippen molar-refractivity contribution in [3.63, 3.8) is 0 Å². The van der Waals surface area contributed by atoms with E-state index in [1.165, 1.54) is 12.1 Å². The summed E-state index contributed by atoms with van der Waals surface area (Å²) in [7, 11) is 0. The predicted octanol–water partition coefficient (Wildman–Crippen LogP) is 0.0724. The lowest BCUT2D eigenvalue weighted by Gasteiger charge is -2.36. The maximum Gasteiger partial charge on any atom is 0.322 e. The number of hydrogen-bond acceptors (Lipinski definition) is 4. The zero-order valence-electron chi connectivity index (χ0n) is 12.4. The van der Waals surface area contributed by atoms with Crippen molar-refractivity contribution >= 4 is 23.5 Å². The van der Waals surface area contributed by atoms with Crippen LogP contribution in [-0.4, -0.2) is 55.0 Å². The second-order valence-corrected chi connectivity index (χ2v) is 5.56. The number of anilines is 1. The molecule has 3 rings (SSSR count). The molecule has 1 aromatic rings. The number of piperazine rings is 1. The maximum absolute atomic E-state index is 12.9. The van der Waals surface area contributed by atoms with Gasteiger partial charge in [-0.3, -0.25) is 14.9 Å². The van der Waals surface area contributed by atoms with E-state index in [1.54, 1.807) is 17.0 Å². The number of nitrogens with one attached hydrogen (secondary N) is 2. The highest BCUT2D eigenvalue weighted by Gasteiger charge is 2.33. The molecule has 7 nitrogen and oxygen atoms in total. The molecule has 2 aliphatic heterocycles. The van der Waals surface area contributed by atoms with Gasteiger partial charge in [0.2, 0.25) is 5.91 Å². The molecule has 23 heavy (non-hydrogen) atoms. The zero-order valence-corrected chi connectivity index (χ0v) is 12.4. The molecule has 2 aliphatic rings. The Kier molecular flexibility index (Phi) is 4.14. The van der Waals surface area contributed by atoms with Gasteiger partial charge in [0.05, 0.1) is 6.42 Å². The highest BCUT2D eigenvalue weighted by molar-refractivity contribution is 6.05. The summed E-state index contributed by atoms with van der Waals surface area (Å²) < 4.78 is 12.9. The van der Waals surface area contributed by atoms with Crippen molar-refractivity contribution in [2.24, 2.45) is 0 Å². The Hall–Kier alpha value is -2.64. The van der Waals surface area contributed by atoms with Crippen LogP contribution in [0.1, 0.15) is 6.42 Å². The van der Waals surface area contributed by atoms with Crippen LogP contribution in [0.5, 0.6) is 0 Å². The average Bonchev–Trinajstić information content (AvgIpc) is 2.86. The summed E-state index contributed by atoms with van der Waals surface area (Å²) in [6.07, 6.45) is -0.0336. The predicted molar refractivity (Wildman–Crippen MR) is 80.3 cm³/mol. The fraction of sp³-hybridized carbons (Fsp3) is 0.400. The van der Waals surface area contributed by atoms with Gasteiger partial charge in [-0.1, -0.05) is 0 Å². The monoisotopic (exact) mass is 320 g/mol. The molecule has 0 radical (unpaired) electrons. The second-order valence-electron chi connectivity index (χ2n) is 5.56. The first-order valence-corrected chi connectivity index (χ1v) is 7.42. The van der Waals surface area contributed by atoms with Crippen molar-refractivity contribution in [2.45, 2.75) is 12.5 Å². The first-order chi connectivity index (χ1) is 11.0. The quantitative estimate of drug-likeness (QED) is 0.773. The third-order valence-electron chi connectivity index (χ3n) is 4.06. The second kappa shape index (κ2) is 6.23. The van der Waals surface area contributed by atoms with Gasteiger partial charge in [-0.2, -0.15) is 0 Å². The van der Waals surface area contributed by atoms with Gasteiger partial charge in [0.25, 0.3) is 5.91 Å². The number of nitrogens with zero attached hydrogens (tertiary/aromatic N) is 2. The summed E-state index contributed by atoms with van der Waals surface area (Å²) in [5.74, 6) is -0.904. The standard InChI is InChI=1S/C15H17FN4O3/c16-10-1-3-11(4-2-10)19-5-7-20(8-6-19)13(21)9-12-14(22)18-15(23)17-12/h1-4,12H,5-9H2,(H2,17,18,22,23)/t12-/m1/s1. The van der Waals surface area contributed by atoms with Gasteiger partial charge in [-0.15, -0.1) is 0 Å². The van der Waals surface area contributed by atoms with Gasteiger partial charge in [-0.05, 0) is 24.3 Å². The highest BCUT2D eigenvalue weighted by atomic mass is 19.1. The number of carbonyl (C=O) groups excluding carboxylic acids is 3. The molecule has 2 fully saturated rings. The number of rotatable bonds is 3. The molecule has 122 valence electrons. The van der Waals surface area contributed by atoms with Crippen molar-refractivity contribution < 1.29 is 18.8 Å². The Morgan fingerprint density at radius 2 is 1.78 bits per heavy atom. The number of amides is 4.